The van der Waals surface area contributed by atoms with E-state index < -0.39 is 0 Å². The second kappa shape index (κ2) is 10.7. The minimum atomic E-state index is -0.350. The van der Waals surface area contributed by atoms with Crippen LogP contribution < -0.4 is 10.2 Å². The number of halogens is 4. The number of hydrazone groups is 1. The molecule has 30 heavy (non-hydrogen) atoms. The topological polar surface area (TPSA) is 50.7 Å². The van der Waals surface area contributed by atoms with Crippen LogP contribution in [0.1, 0.15) is 16.7 Å². The maximum absolute atomic E-state index is 12.9. The molecule has 0 fully saturated rings. The number of nitrogens with zero attached hydrogens (tertiary/aromatic N) is 1. The molecule has 0 aliphatic carbocycles. The van der Waals surface area contributed by atoms with Crippen molar-refractivity contribution >= 4 is 57.9 Å². The van der Waals surface area contributed by atoms with Crippen LogP contribution in [0.5, 0.6) is 5.75 Å². The molecule has 8 heteroatoms. The summed E-state index contributed by atoms with van der Waals surface area (Å²) in [4.78, 5) is 11.9. The third kappa shape index (κ3) is 6.68. The third-order valence-electron chi connectivity index (χ3n) is 4.00. The van der Waals surface area contributed by atoms with Gasteiger partial charge in [-0.1, -0.05) is 47.5 Å². The molecule has 1 amide bonds. The van der Waals surface area contributed by atoms with E-state index in [0.717, 1.165) is 9.13 Å². The van der Waals surface area contributed by atoms with Gasteiger partial charge in [0, 0.05) is 3.57 Å². The molecule has 3 rings (SSSR count). The van der Waals surface area contributed by atoms with Gasteiger partial charge in [0.2, 0.25) is 5.91 Å². The van der Waals surface area contributed by atoms with Gasteiger partial charge in [0.15, 0.2) is 5.75 Å². The first kappa shape index (κ1) is 22.5. The summed E-state index contributed by atoms with van der Waals surface area (Å²) in [5.41, 5.74) is 4.71. The summed E-state index contributed by atoms with van der Waals surface area (Å²) < 4.78 is 19.8. The Balaban J connectivity index is 1.57. The van der Waals surface area contributed by atoms with E-state index >= 15 is 0 Å². The Kier molecular flexibility index (Phi) is 8.07. The molecule has 0 saturated heterocycles. The molecule has 4 nitrogen and oxygen atoms in total. The highest BCUT2D eigenvalue weighted by Crippen LogP contribution is 2.34. The lowest BCUT2D eigenvalue weighted by molar-refractivity contribution is -0.120. The monoisotopic (exact) mass is 556 g/mol. The zero-order chi connectivity index (χ0) is 21.5. The van der Waals surface area contributed by atoms with Gasteiger partial charge in [-0.15, -0.1) is 0 Å². The number of amides is 1. The minimum absolute atomic E-state index is 0.0877. The van der Waals surface area contributed by atoms with Gasteiger partial charge in [0.25, 0.3) is 0 Å². The number of hydrogen-bond acceptors (Lipinski definition) is 3. The van der Waals surface area contributed by atoms with E-state index in [1.807, 2.05) is 24.3 Å². The standard InChI is InChI=1S/C22H16Cl2FIN2O2/c23-19-9-16(12-27-28-21(29)11-14-1-5-17(25)6-2-14)10-20(24)22(19)30-13-15-3-7-18(26)8-4-15/h1-10,12H,11,13H2,(H,28,29)/b27-12+. The summed E-state index contributed by atoms with van der Waals surface area (Å²) in [6, 6.07) is 16.9. The Labute approximate surface area is 197 Å². The van der Waals surface area contributed by atoms with Crippen LogP contribution in [0.25, 0.3) is 0 Å². The lowest BCUT2D eigenvalue weighted by Gasteiger charge is -2.11. The molecule has 1 N–H and O–H groups in total. The van der Waals surface area contributed by atoms with Crippen molar-refractivity contribution in [1.29, 1.82) is 0 Å². The van der Waals surface area contributed by atoms with Crippen LogP contribution in [0, 0.1) is 9.39 Å². The van der Waals surface area contributed by atoms with Gasteiger partial charge < -0.3 is 4.74 Å². The van der Waals surface area contributed by atoms with Crippen LogP contribution in [0.4, 0.5) is 4.39 Å². The predicted octanol–water partition coefficient (Wildman–Crippen LogP) is 6.01. The Morgan fingerprint density at radius 1 is 1.03 bits per heavy atom. The number of carbonyl (C=O) groups is 1. The molecule has 0 atom stereocenters. The highest BCUT2D eigenvalue weighted by Gasteiger charge is 2.10. The van der Waals surface area contributed by atoms with Gasteiger partial charge in [-0.2, -0.15) is 5.10 Å². The predicted molar refractivity (Wildman–Crippen MR) is 126 cm³/mol. The van der Waals surface area contributed by atoms with E-state index in [4.69, 9.17) is 27.9 Å². The first-order valence-electron chi connectivity index (χ1n) is 8.83. The number of hydrogen-bond donors (Lipinski definition) is 1. The molecule has 0 bridgehead atoms. The van der Waals surface area contributed by atoms with Gasteiger partial charge in [0.05, 0.1) is 22.7 Å². The lowest BCUT2D eigenvalue weighted by Crippen LogP contribution is -2.19. The van der Waals surface area contributed by atoms with Crippen molar-refractivity contribution in [2.45, 2.75) is 13.0 Å². The molecule has 0 heterocycles. The fourth-order valence-corrected chi connectivity index (χ4v) is 3.51. The summed E-state index contributed by atoms with van der Waals surface area (Å²) in [6.45, 7) is 0.337. The van der Waals surface area contributed by atoms with Gasteiger partial charge >= 0.3 is 0 Å². The molecule has 0 aliphatic heterocycles. The van der Waals surface area contributed by atoms with Crippen molar-refractivity contribution in [3.8, 4) is 5.75 Å². The average Bonchev–Trinajstić information content (AvgIpc) is 2.70. The number of rotatable bonds is 7. The van der Waals surface area contributed by atoms with Crippen LogP contribution in [0.3, 0.4) is 0 Å². The van der Waals surface area contributed by atoms with E-state index in [1.165, 1.54) is 18.3 Å². The molecule has 0 aromatic heterocycles. The fourth-order valence-electron chi connectivity index (χ4n) is 2.53. The molecule has 3 aromatic carbocycles. The zero-order valence-electron chi connectivity index (χ0n) is 15.5. The van der Waals surface area contributed by atoms with Gasteiger partial charge in [0.1, 0.15) is 12.4 Å². The van der Waals surface area contributed by atoms with E-state index in [1.54, 1.807) is 24.3 Å². The minimum Gasteiger partial charge on any atom is -0.486 e. The fraction of sp³-hybridized carbons (Fsp3) is 0.0909. The van der Waals surface area contributed by atoms with Crippen LogP contribution in [-0.4, -0.2) is 12.1 Å². The summed E-state index contributed by atoms with van der Waals surface area (Å²) >= 11 is 14.8. The van der Waals surface area contributed by atoms with Crippen molar-refractivity contribution < 1.29 is 13.9 Å². The highest BCUT2D eigenvalue weighted by molar-refractivity contribution is 14.1. The van der Waals surface area contributed by atoms with Crippen molar-refractivity contribution in [3.63, 3.8) is 0 Å². The summed E-state index contributed by atoms with van der Waals surface area (Å²) in [7, 11) is 0. The first-order chi connectivity index (χ1) is 14.4. The molecular formula is C22H16Cl2FIN2O2. The molecule has 154 valence electrons. The van der Waals surface area contributed by atoms with Crippen molar-refractivity contribution in [3.05, 3.63) is 96.8 Å². The SMILES string of the molecule is O=C(Cc1ccc(F)cc1)N/N=C/c1cc(Cl)c(OCc2ccc(I)cc2)c(Cl)c1. The van der Waals surface area contributed by atoms with E-state index in [9.17, 15) is 9.18 Å². The van der Waals surface area contributed by atoms with E-state index in [0.29, 0.717) is 33.5 Å². The number of nitrogens with one attached hydrogen (secondary N) is 1. The Bertz CT molecular complexity index is 1030. The Morgan fingerprint density at radius 2 is 1.63 bits per heavy atom. The zero-order valence-corrected chi connectivity index (χ0v) is 19.2. The van der Waals surface area contributed by atoms with E-state index in [2.05, 4.69) is 33.1 Å². The maximum Gasteiger partial charge on any atom is 0.244 e. The summed E-state index contributed by atoms with van der Waals surface area (Å²) in [5, 5.41) is 4.59. The van der Waals surface area contributed by atoms with Crippen LogP contribution in [-0.2, 0) is 17.8 Å². The maximum atomic E-state index is 12.9. The molecule has 0 spiro atoms. The van der Waals surface area contributed by atoms with Crippen LogP contribution in [0.15, 0.2) is 65.8 Å². The Hall–Kier alpha value is -2.16. The molecule has 0 radical (unpaired) electrons. The molecule has 0 saturated carbocycles. The summed E-state index contributed by atoms with van der Waals surface area (Å²) in [5.74, 6) is -0.293. The second-order valence-electron chi connectivity index (χ2n) is 6.33. The average molecular weight is 557 g/mol. The van der Waals surface area contributed by atoms with Crippen molar-refractivity contribution in [1.82, 2.24) is 5.43 Å². The molecule has 3 aromatic rings. The van der Waals surface area contributed by atoms with Crippen molar-refractivity contribution in [2.24, 2.45) is 5.10 Å². The normalized spacial score (nSPS) is 10.9. The number of benzene rings is 3. The van der Waals surface area contributed by atoms with Gasteiger partial charge in [-0.05, 0) is 75.7 Å². The lowest BCUT2D eigenvalue weighted by atomic mass is 10.1. The number of carbonyl (C=O) groups excluding carboxylic acids is 1. The van der Waals surface area contributed by atoms with Gasteiger partial charge in [-0.3, -0.25) is 4.79 Å². The van der Waals surface area contributed by atoms with E-state index in [-0.39, 0.29) is 18.1 Å². The first-order valence-corrected chi connectivity index (χ1v) is 10.7. The molecule has 0 unspecified atom stereocenters. The Morgan fingerprint density at radius 3 is 2.27 bits per heavy atom. The van der Waals surface area contributed by atoms with Gasteiger partial charge in [-0.25, -0.2) is 9.82 Å². The smallest absolute Gasteiger partial charge is 0.244 e. The summed E-state index contributed by atoms with van der Waals surface area (Å²) in [6.07, 6.45) is 1.52. The van der Waals surface area contributed by atoms with Crippen molar-refractivity contribution in [2.75, 3.05) is 0 Å². The van der Waals surface area contributed by atoms with Crippen LogP contribution in [0.2, 0.25) is 10.0 Å². The highest BCUT2D eigenvalue weighted by atomic mass is 127. The second-order valence-corrected chi connectivity index (χ2v) is 8.39. The van der Waals surface area contributed by atoms with Crippen LogP contribution >= 0.6 is 45.8 Å². The number of ether oxygens (including phenoxy) is 1. The molecular weight excluding hydrogens is 541 g/mol. The largest absolute Gasteiger partial charge is 0.486 e. The quantitative estimate of drug-likeness (QED) is 0.220. The molecule has 0 aliphatic rings. The third-order valence-corrected chi connectivity index (χ3v) is 5.28.